The SMILES string of the molecule is CCOC(=O)CN(CCOc1cccc(Br)c1)C1CC1. The van der Waals surface area contributed by atoms with Crippen LogP contribution in [0.3, 0.4) is 0 Å². The van der Waals surface area contributed by atoms with E-state index in [0.29, 0.717) is 25.8 Å². The number of ether oxygens (including phenoxy) is 2. The van der Waals surface area contributed by atoms with Gasteiger partial charge in [0.05, 0.1) is 13.2 Å². The van der Waals surface area contributed by atoms with E-state index in [4.69, 9.17) is 9.47 Å². The molecule has 1 fully saturated rings. The largest absolute Gasteiger partial charge is 0.492 e. The Morgan fingerprint density at radius 1 is 1.45 bits per heavy atom. The van der Waals surface area contributed by atoms with E-state index in [0.717, 1.165) is 29.6 Å². The van der Waals surface area contributed by atoms with Crippen LogP contribution in [-0.4, -0.2) is 43.2 Å². The maximum Gasteiger partial charge on any atom is 0.320 e. The quantitative estimate of drug-likeness (QED) is 0.681. The average Bonchev–Trinajstić information content (AvgIpc) is 3.22. The molecule has 0 unspecified atom stereocenters. The smallest absolute Gasteiger partial charge is 0.320 e. The van der Waals surface area contributed by atoms with Gasteiger partial charge >= 0.3 is 5.97 Å². The first-order valence-corrected chi connectivity index (χ1v) is 7.76. The number of benzene rings is 1. The Morgan fingerprint density at radius 3 is 2.90 bits per heavy atom. The Morgan fingerprint density at radius 2 is 2.25 bits per heavy atom. The zero-order valence-corrected chi connectivity index (χ0v) is 13.3. The predicted octanol–water partition coefficient (Wildman–Crippen LogP) is 2.86. The maximum absolute atomic E-state index is 11.6. The molecule has 0 radical (unpaired) electrons. The van der Waals surface area contributed by atoms with E-state index in [9.17, 15) is 4.79 Å². The second kappa shape index (κ2) is 7.64. The van der Waals surface area contributed by atoms with Gasteiger partial charge in [-0.2, -0.15) is 0 Å². The molecular formula is C15H20BrNO3. The van der Waals surface area contributed by atoms with Crippen LogP contribution >= 0.6 is 15.9 Å². The summed E-state index contributed by atoms with van der Waals surface area (Å²) >= 11 is 3.41. The summed E-state index contributed by atoms with van der Waals surface area (Å²) in [7, 11) is 0. The van der Waals surface area contributed by atoms with Gasteiger partial charge in [0.2, 0.25) is 0 Å². The summed E-state index contributed by atoms with van der Waals surface area (Å²) in [5.74, 6) is 0.688. The number of halogens is 1. The molecule has 0 spiro atoms. The third-order valence-corrected chi connectivity index (χ3v) is 3.64. The van der Waals surface area contributed by atoms with Crippen LogP contribution < -0.4 is 4.74 Å². The Labute approximate surface area is 128 Å². The maximum atomic E-state index is 11.6. The Bertz CT molecular complexity index is 448. The van der Waals surface area contributed by atoms with Gasteiger partial charge < -0.3 is 9.47 Å². The molecule has 0 bridgehead atoms. The molecule has 1 aromatic rings. The molecule has 1 saturated carbocycles. The lowest BCUT2D eigenvalue weighted by molar-refractivity contribution is -0.144. The zero-order chi connectivity index (χ0) is 14.4. The molecule has 110 valence electrons. The number of rotatable bonds is 8. The predicted molar refractivity (Wildman–Crippen MR) is 80.9 cm³/mol. The van der Waals surface area contributed by atoms with Crippen LogP contribution in [0.5, 0.6) is 5.75 Å². The molecule has 1 aliphatic rings. The van der Waals surface area contributed by atoms with Crippen molar-refractivity contribution in [2.45, 2.75) is 25.8 Å². The first-order valence-electron chi connectivity index (χ1n) is 6.97. The molecule has 4 nitrogen and oxygen atoms in total. The molecule has 0 heterocycles. The molecule has 20 heavy (non-hydrogen) atoms. The summed E-state index contributed by atoms with van der Waals surface area (Å²) < 4.78 is 11.7. The fourth-order valence-corrected chi connectivity index (χ4v) is 2.42. The lowest BCUT2D eigenvalue weighted by Gasteiger charge is -2.20. The van der Waals surface area contributed by atoms with Crippen LogP contribution in [0.1, 0.15) is 19.8 Å². The van der Waals surface area contributed by atoms with E-state index >= 15 is 0 Å². The van der Waals surface area contributed by atoms with Gasteiger partial charge in [-0.1, -0.05) is 22.0 Å². The van der Waals surface area contributed by atoms with Crippen molar-refractivity contribution in [3.05, 3.63) is 28.7 Å². The first-order chi connectivity index (χ1) is 9.69. The second-order valence-corrected chi connectivity index (χ2v) is 5.73. The van der Waals surface area contributed by atoms with Crippen molar-refractivity contribution in [1.82, 2.24) is 4.90 Å². The molecule has 0 aromatic heterocycles. The number of esters is 1. The zero-order valence-electron chi connectivity index (χ0n) is 11.7. The summed E-state index contributed by atoms with van der Waals surface area (Å²) in [5, 5.41) is 0. The van der Waals surface area contributed by atoms with Crippen molar-refractivity contribution in [1.29, 1.82) is 0 Å². The van der Waals surface area contributed by atoms with E-state index in [1.165, 1.54) is 0 Å². The molecule has 0 N–H and O–H groups in total. The van der Waals surface area contributed by atoms with Gasteiger partial charge in [-0.3, -0.25) is 9.69 Å². The van der Waals surface area contributed by atoms with Gasteiger partial charge in [0.15, 0.2) is 0 Å². The normalized spacial score (nSPS) is 14.3. The summed E-state index contributed by atoms with van der Waals surface area (Å²) in [5.41, 5.74) is 0. The van der Waals surface area contributed by atoms with E-state index in [-0.39, 0.29) is 5.97 Å². The van der Waals surface area contributed by atoms with Gasteiger partial charge in [-0.05, 0) is 38.0 Å². The minimum Gasteiger partial charge on any atom is -0.492 e. The molecule has 2 rings (SSSR count). The highest BCUT2D eigenvalue weighted by Gasteiger charge is 2.30. The van der Waals surface area contributed by atoms with Crippen LogP contribution in [-0.2, 0) is 9.53 Å². The summed E-state index contributed by atoms with van der Waals surface area (Å²) in [6, 6.07) is 8.29. The van der Waals surface area contributed by atoms with E-state index in [1.807, 2.05) is 31.2 Å². The fraction of sp³-hybridized carbons (Fsp3) is 0.533. The van der Waals surface area contributed by atoms with Crippen molar-refractivity contribution in [2.24, 2.45) is 0 Å². The third-order valence-electron chi connectivity index (χ3n) is 3.14. The number of carbonyl (C=O) groups is 1. The van der Waals surface area contributed by atoms with Gasteiger partial charge in [-0.15, -0.1) is 0 Å². The fourth-order valence-electron chi connectivity index (χ4n) is 2.04. The molecule has 0 atom stereocenters. The van der Waals surface area contributed by atoms with Crippen molar-refractivity contribution >= 4 is 21.9 Å². The summed E-state index contributed by atoms with van der Waals surface area (Å²) in [6.45, 7) is 3.95. The van der Waals surface area contributed by atoms with Crippen molar-refractivity contribution in [3.8, 4) is 5.75 Å². The van der Waals surface area contributed by atoms with E-state index < -0.39 is 0 Å². The van der Waals surface area contributed by atoms with Crippen LogP contribution in [0.15, 0.2) is 28.7 Å². The standard InChI is InChI=1S/C15H20BrNO3/c1-2-19-15(18)11-17(13-6-7-13)8-9-20-14-5-3-4-12(16)10-14/h3-5,10,13H,2,6-9,11H2,1H3. The van der Waals surface area contributed by atoms with E-state index in [1.54, 1.807) is 0 Å². The lowest BCUT2D eigenvalue weighted by atomic mass is 10.3. The number of hydrogen-bond acceptors (Lipinski definition) is 4. The highest BCUT2D eigenvalue weighted by Crippen LogP contribution is 2.26. The molecular weight excluding hydrogens is 322 g/mol. The topological polar surface area (TPSA) is 38.8 Å². The monoisotopic (exact) mass is 341 g/mol. The Kier molecular flexibility index (Phi) is 5.86. The van der Waals surface area contributed by atoms with Gasteiger partial charge in [0.25, 0.3) is 0 Å². The molecule has 1 aromatic carbocycles. The average molecular weight is 342 g/mol. The van der Waals surface area contributed by atoms with Crippen LogP contribution in [0.2, 0.25) is 0 Å². The first kappa shape index (κ1) is 15.3. The lowest BCUT2D eigenvalue weighted by Crippen LogP contribution is -2.36. The molecule has 1 aliphatic carbocycles. The molecule has 0 aliphatic heterocycles. The minimum absolute atomic E-state index is 0.151. The Balaban J connectivity index is 1.76. The highest BCUT2D eigenvalue weighted by atomic mass is 79.9. The summed E-state index contributed by atoms with van der Waals surface area (Å²) in [4.78, 5) is 13.7. The number of carbonyl (C=O) groups excluding carboxylic acids is 1. The number of hydrogen-bond donors (Lipinski definition) is 0. The van der Waals surface area contributed by atoms with Gasteiger partial charge in [0.1, 0.15) is 12.4 Å². The van der Waals surface area contributed by atoms with Crippen LogP contribution in [0, 0.1) is 0 Å². The van der Waals surface area contributed by atoms with Gasteiger partial charge in [0, 0.05) is 17.1 Å². The van der Waals surface area contributed by atoms with Crippen molar-refractivity contribution in [3.63, 3.8) is 0 Å². The van der Waals surface area contributed by atoms with Crippen LogP contribution in [0.25, 0.3) is 0 Å². The molecule has 5 heteroatoms. The molecule has 0 amide bonds. The highest BCUT2D eigenvalue weighted by molar-refractivity contribution is 9.10. The van der Waals surface area contributed by atoms with Crippen LogP contribution in [0.4, 0.5) is 0 Å². The molecule has 0 saturated heterocycles. The van der Waals surface area contributed by atoms with Gasteiger partial charge in [-0.25, -0.2) is 0 Å². The van der Waals surface area contributed by atoms with Crippen molar-refractivity contribution < 1.29 is 14.3 Å². The van der Waals surface area contributed by atoms with Crippen molar-refractivity contribution in [2.75, 3.05) is 26.3 Å². The number of nitrogens with zero attached hydrogens (tertiary/aromatic N) is 1. The van der Waals surface area contributed by atoms with E-state index in [2.05, 4.69) is 20.8 Å². The second-order valence-electron chi connectivity index (χ2n) is 4.81. The minimum atomic E-state index is -0.151. The summed E-state index contributed by atoms with van der Waals surface area (Å²) in [6.07, 6.45) is 2.33. The third kappa shape index (κ3) is 5.13. The Hall–Kier alpha value is -1.07.